The molecule has 0 radical (unpaired) electrons. The number of rotatable bonds is 5. The van der Waals surface area contributed by atoms with E-state index in [0.717, 1.165) is 55.6 Å². The summed E-state index contributed by atoms with van der Waals surface area (Å²) < 4.78 is 27.5. The molecule has 0 spiro atoms. The number of thiazole rings is 1. The molecule has 1 fully saturated rings. The van der Waals surface area contributed by atoms with Crippen molar-refractivity contribution < 1.29 is 13.6 Å². The predicted octanol–water partition coefficient (Wildman–Crippen LogP) is 4.34. The number of halogens is 2. The summed E-state index contributed by atoms with van der Waals surface area (Å²) in [5.74, 6) is -1.12. The monoisotopic (exact) mass is 393 g/mol. The fraction of sp³-hybridized carbons (Fsp3) is 0.500. The van der Waals surface area contributed by atoms with E-state index < -0.39 is 11.6 Å². The van der Waals surface area contributed by atoms with Crippen molar-refractivity contribution in [2.75, 3.05) is 32.7 Å². The quantitative estimate of drug-likeness (QED) is 0.758. The highest BCUT2D eigenvalue weighted by Crippen LogP contribution is 2.31. The van der Waals surface area contributed by atoms with E-state index in [9.17, 15) is 13.6 Å². The SMILES string of the molecule is CCCCN1CCCN(C(=O)c2sc(-c3cc(F)ccc3F)nc2C)CC1. The molecule has 0 unspecified atom stereocenters. The predicted molar refractivity (Wildman–Crippen MR) is 104 cm³/mol. The molecule has 1 amide bonds. The minimum atomic E-state index is -0.537. The number of hydrogen-bond donors (Lipinski definition) is 0. The summed E-state index contributed by atoms with van der Waals surface area (Å²) in [6, 6.07) is 3.29. The Morgan fingerprint density at radius 1 is 1.22 bits per heavy atom. The summed E-state index contributed by atoms with van der Waals surface area (Å²) in [5.41, 5.74) is 0.666. The van der Waals surface area contributed by atoms with E-state index >= 15 is 0 Å². The molecule has 0 aliphatic carbocycles. The van der Waals surface area contributed by atoms with Crippen molar-refractivity contribution in [2.24, 2.45) is 0 Å². The second-order valence-corrected chi connectivity index (χ2v) is 7.90. The molecule has 1 saturated heterocycles. The van der Waals surface area contributed by atoms with Crippen molar-refractivity contribution in [2.45, 2.75) is 33.1 Å². The van der Waals surface area contributed by atoms with Crippen LogP contribution in [0.15, 0.2) is 18.2 Å². The third-order valence-electron chi connectivity index (χ3n) is 4.85. The zero-order valence-electron chi connectivity index (χ0n) is 15.8. The number of nitrogens with zero attached hydrogens (tertiary/aromatic N) is 3. The molecule has 0 saturated carbocycles. The van der Waals surface area contributed by atoms with Gasteiger partial charge in [0.15, 0.2) is 0 Å². The number of benzene rings is 1. The van der Waals surface area contributed by atoms with Crippen LogP contribution in [0.4, 0.5) is 8.78 Å². The lowest BCUT2D eigenvalue weighted by Crippen LogP contribution is -2.35. The van der Waals surface area contributed by atoms with Crippen molar-refractivity contribution in [1.29, 1.82) is 0 Å². The van der Waals surface area contributed by atoms with Crippen LogP contribution < -0.4 is 0 Å². The van der Waals surface area contributed by atoms with Crippen LogP contribution in [0.25, 0.3) is 10.6 Å². The standard InChI is InChI=1S/C20H25F2N3OS/c1-3-4-8-24-9-5-10-25(12-11-24)20(26)18-14(2)23-19(27-18)16-13-15(21)6-7-17(16)22/h6-7,13H,3-5,8-12H2,1-2H3. The average molecular weight is 394 g/mol. The van der Waals surface area contributed by atoms with Crippen LogP contribution in [0, 0.1) is 18.6 Å². The summed E-state index contributed by atoms with van der Waals surface area (Å²) >= 11 is 1.14. The van der Waals surface area contributed by atoms with Gasteiger partial charge in [-0.1, -0.05) is 13.3 Å². The Morgan fingerprint density at radius 3 is 2.81 bits per heavy atom. The third-order valence-corrected chi connectivity index (χ3v) is 6.03. The number of aryl methyl sites for hydroxylation is 1. The number of unbranched alkanes of at least 4 members (excludes halogenated alkanes) is 1. The first-order valence-corrected chi connectivity index (χ1v) is 10.3. The average Bonchev–Trinajstić information content (AvgIpc) is 2.88. The summed E-state index contributed by atoms with van der Waals surface area (Å²) in [6.07, 6.45) is 3.28. The van der Waals surface area contributed by atoms with Crippen LogP contribution in [0.3, 0.4) is 0 Å². The number of aromatic nitrogens is 1. The van der Waals surface area contributed by atoms with Gasteiger partial charge in [0.2, 0.25) is 0 Å². The lowest BCUT2D eigenvalue weighted by atomic mass is 10.2. The Labute approximate surface area is 162 Å². The molecule has 1 aromatic carbocycles. The molecule has 1 aromatic heterocycles. The zero-order chi connectivity index (χ0) is 19.4. The maximum atomic E-state index is 14.0. The van der Waals surface area contributed by atoms with Crippen molar-refractivity contribution in [1.82, 2.24) is 14.8 Å². The summed E-state index contributed by atoms with van der Waals surface area (Å²) in [6.45, 7) is 8.27. The molecule has 0 atom stereocenters. The van der Waals surface area contributed by atoms with Gasteiger partial charge in [-0.15, -0.1) is 11.3 Å². The second-order valence-electron chi connectivity index (χ2n) is 6.90. The molecule has 3 rings (SSSR count). The Kier molecular flexibility index (Phi) is 6.55. The largest absolute Gasteiger partial charge is 0.337 e. The van der Waals surface area contributed by atoms with Gasteiger partial charge in [0, 0.05) is 25.2 Å². The third kappa shape index (κ3) is 4.71. The first kappa shape index (κ1) is 19.9. The summed E-state index contributed by atoms with van der Waals surface area (Å²) in [5, 5.41) is 0.340. The number of amides is 1. The highest BCUT2D eigenvalue weighted by atomic mass is 32.1. The van der Waals surface area contributed by atoms with Gasteiger partial charge in [0.1, 0.15) is 21.5 Å². The molecule has 0 N–H and O–H groups in total. The molecule has 2 heterocycles. The van der Waals surface area contributed by atoms with Crippen LogP contribution in [0.5, 0.6) is 0 Å². The first-order valence-electron chi connectivity index (χ1n) is 9.44. The fourth-order valence-corrected chi connectivity index (χ4v) is 4.35. The zero-order valence-corrected chi connectivity index (χ0v) is 16.6. The van der Waals surface area contributed by atoms with Crippen LogP contribution in [-0.4, -0.2) is 53.4 Å². The van der Waals surface area contributed by atoms with Crippen molar-refractivity contribution in [3.63, 3.8) is 0 Å². The van der Waals surface area contributed by atoms with E-state index in [1.54, 1.807) is 6.92 Å². The van der Waals surface area contributed by atoms with Crippen LogP contribution in [0.2, 0.25) is 0 Å². The van der Waals surface area contributed by atoms with E-state index in [1.165, 1.54) is 12.8 Å². The van der Waals surface area contributed by atoms with Crippen LogP contribution >= 0.6 is 11.3 Å². The normalized spacial score (nSPS) is 15.8. The number of hydrogen-bond acceptors (Lipinski definition) is 4. The molecule has 2 aromatic rings. The van der Waals surface area contributed by atoms with E-state index in [1.807, 2.05) is 4.90 Å². The van der Waals surface area contributed by atoms with Gasteiger partial charge in [0.05, 0.1) is 5.69 Å². The number of carbonyl (C=O) groups is 1. The van der Waals surface area contributed by atoms with Gasteiger partial charge in [-0.3, -0.25) is 4.79 Å². The maximum absolute atomic E-state index is 14.0. The minimum Gasteiger partial charge on any atom is -0.337 e. The molecule has 1 aliphatic rings. The second kappa shape index (κ2) is 8.89. The maximum Gasteiger partial charge on any atom is 0.265 e. The van der Waals surface area contributed by atoms with Crippen LogP contribution in [0.1, 0.15) is 41.6 Å². The van der Waals surface area contributed by atoms with Gasteiger partial charge in [0.25, 0.3) is 5.91 Å². The van der Waals surface area contributed by atoms with Crippen molar-refractivity contribution in [3.8, 4) is 10.6 Å². The lowest BCUT2D eigenvalue weighted by molar-refractivity contribution is 0.0765. The minimum absolute atomic E-state index is 0.0644. The fourth-order valence-electron chi connectivity index (χ4n) is 3.29. The van der Waals surface area contributed by atoms with Crippen LogP contribution in [-0.2, 0) is 0 Å². The summed E-state index contributed by atoms with van der Waals surface area (Å²) in [4.78, 5) is 22.1. The van der Waals surface area contributed by atoms with Gasteiger partial charge >= 0.3 is 0 Å². The van der Waals surface area contributed by atoms with E-state index in [-0.39, 0.29) is 11.5 Å². The van der Waals surface area contributed by atoms with Crippen molar-refractivity contribution in [3.05, 3.63) is 40.4 Å². The molecular formula is C20H25F2N3OS. The van der Waals surface area contributed by atoms with Gasteiger partial charge in [-0.2, -0.15) is 0 Å². The first-order chi connectivity index (χ1) is 13.0. The summed E-state index contributed by atoms with van der Waals surface area (Å²) in [7, 11) is 0. The Bertz CT molecular complexity index is 809. The molecule has 0 bridgehead atoms. The molecule has 1 aliphatic heterocycles. The number of carbonyl (C=O) groups excluding carboxylic acids is 1. The molecule has 27 heavy (non-hydrogen) atoms. The molecule has 146 valence electrons. The highest BCUT2D eigenvalue weighted by molar-refractivity contribution is 7.17. The van der Waals surface area contributed by atoms with Gasteiger partial charge in [-0.25, -0.2) is 13.8 Å². The van der Waals surface area contributed by atoms with Crippen molar-refractivity contribution >= 4 is 17.2 Å². The van der Waals surface area contributed by atoms with Gasteiger partial charge in [-0.05, 0) is 51.1 Å². The Balaban J connectivity index is 1.76. The lowest BCUT2D eigenvalue weighted by Gasteiger charge is -2.21. The Morgan fingerprint density at radius 2 is 2.04 bits per heavy atom. The van der Waals surface area contributed by atoms with Gasteiger partial charge < -0.3 is 9.80 Å². The van der Waals surface area contributed by atoms with E-state index in [2.05, 4.69) is 16.8 Å². The smallest absolute Gasteiger partial charge is 0.265 e. The van der Waals surface area contributed by atoms with E-state index in [0.29, 0.717) is 28.7 Å². The highest BCUT2D eigenvalue weighted by Gasteiger charge is 2.25. The molecule has 7 heteroatoms. The molecule has 4 nitrogen and oxygen atoms in total. The molecular weight excluding hydrogens is 368 g/mol. The Hall–Kier alpha value is -1.86. The topological polar surface area (TPSA) is 36.4 Å². The van der Waals surface area contributed by atoms with E-state index in [4.69, 9.17) is 0 Å².